The number of rotatable bonds is 4. The Morgan fingerprint density at radius 1 is 1.40 bits per heavy atom. The van der Waals surface area contributed by atoms with Crippen LogP contribution in [-0.2, 0) is 4.74 Å². The van der Waals surface area contributed by atoms with Crippen molar-refractivity contribution < 1.29 is 9.53 Å². The molecule has 1 aromatic heterocycles. The normalized spacial score (nSPS) is 15.9. The highest BCUT2D eigenvalue weighted by Gasteiger charge is 2.31. The Hall–Kier alpha value is -1.88. The molecule has 3 rings (SSSR count). The molecule has 0 bridgehead atoms. The first kappa shape index (κ1) is 13.1. The van der Waals surface area contributed by atoms with E-state index in [9.17, 15) is 4.79 Å². The van der Waals surface area contributed by atoms with Crippen molar-refractivity contribution in [2.45, 2.75) is 31.9 Å². The van der Waals surface area contributed by atoms with Crippen LogP contribution in [0.3, 0.4) is 0 Å². The molecule has 0 radical (unpaired) electrons. The number of benzene rings is 1. The second-order valence-electron chi connectivity index (χ2n) is 4.86. The topological polar surface area (TPSA) is 57.0 Å². The maximum Gasteiger partial charge on any atom is 0.360 e. The average molecular weight is 292 g/mol. The first-order valence-electron chi connectivity index (χ1n) is 6.53. The minimum absolute atomic E-state index is 0.0222. The lowest BCUT2D eigenvalue weighted by Gasteiger charge is -2.14. The van der Waals surface area contributed by atoms with Crippen LogP contribution in [0.1, 0.15) is 41.9 Å². The van der Waals surface area contributed by atoms with Crippen molar-refractivity contribution in [1.82, 2.24) is 15.0 Å². The molecule has 1 aromatic carbocycles. The molecule has 20 heavy (non-hydrogen) atoms. The monoisotopic (exact) mass is 291 g/mol. The van der Waals surface area contributed by atoms with Crippen LogP contribution >= 0.6 is 11.6 Å². The van der Waals surface area contributed by atoms with Crippen LogP contribution in [0.2, 0.25) is 5.15 Å². The van der Waals surface area contributed by atoms with Gasteiger partial charge in [0, 0.05) is 0 Å². The van der Waals surface area contributed by atoms with Gasteiger partial charge in [0.2, 0.25) is 0 Å². The summed E-state index contributed by atoms with van der Waals surface area (Å²) in [5.41, 5.74) is 1.24. The number of ether oxygens (including phenoxy) is 1. The molecule has 1 heterocycles. The summed E-state index contributed by atoms with van der Waals surface area (Å²) in [5, 5.41) is 7.85. The summed E-state index contributed by atoms with van der Waals surface area (Å²) in [6.07, 6.45) is 1.85. The van der Waals surface area contributed by atoms with Crippen molar-refractivity contribution in [1.29, 1.82) is 0 Å². The molecule has 0 saturated heterocycles. The van der Waals surface area contributed by atoms with Gasteiger partial charge in [0.1, 0.15) is 6.10 Å². The maximum atomic E-state index is 12.1. The highest BCUT2D eigenvalue weighted by atomic mass is 35.5. The number of nitrogens with zero attached hydrogens (tertiary/aromatic N) is 3. The van der Waals surface area contributed by atoms with Crippen LogP contribution in [0.5, 0.6) is 0 Å². The smallest absolute Gasteiger partial charge is 0.360 e. The molecule has 0 N–H and O–H groups in total. The van der Waals surface area contributed by atoms with Gasteiger partial charge in [0.15, 0.2) is 10.8 Å². The van der Waals surface area contributed by atoms with Crippen LogP contribution in [0.4, 0.5) is 0 Å². The number of hydrogen-bond acceptors (Lipinski definition) is 4. The highest BCUT2D eigenvalue weighted by Crippen LogP contribution is 2.27. The van der Waals surface area contributed by atoms with E-state index in [1.54, 1.807) is 0 Å². The molecule has 0 unspecified atom stereocenters. The van der Waals surface area contributed by atoms with E-state index >= 15 is 0 Å². The van der Waals surface area contributed by atoms with E-state index in [4.69, 9.17) is 16.3 Å². The number of esters is 1. The van der Waals surface area contributed by atoms with E-state index in [0.717, 1.165) is 18.4 Å². The third-order valence-corrected chi connectivity index (χ3v) is 3.55. The molecule has 0 aliphatic heterocycles. The van der Waals surface area contributed by atoms with Crippen molar-refractivity contribution in [2.75, 3.05) is 0 Å². The van der Waals surface area contributed by atoms with Gasteiger partial charge in [-0.25, -0.2) is 9.48 Å². The van der Waals surface area contributed by atoms with Crippen LogP contribution < -0.4 is 0 Å². The molecule has 1 aliphatic carbocycles. The molecular weight excluding hydrogens is 278 g/mol. The molecule has 5 nitrogen and oxygen atoms in total. The van der Waals surface area contributed by atoms with Gasteiger partial charge < -0.3 is 4.74 Å². The van der Waals surface area contributed by atoms with Crippen molar-refractivity contribution in [3.05, 3.63) is 46.7 Å². The van der Waals surface area contributed by atoms with Crippen LogP contribution in [-0.4, -0.2) is 27.1 Å². The Morgan fingerprint density at radius 2 is 2.10 bits per heavy atom. The van der Waals surface area contributed by atoms with Crippen molar-refractivity contribution in [3.63, 3.8) is 0 Å². The van der Waals surface area contributed by atoms with Crippen molar-refractivity contribution in [3.8, 4) is 0 Å². The van der Waals surface area contributed by atoms with Crippen molar-refractivity contribution >= 4 is 17.6 Å². The fraction of sp³-hybridized carbons (Fsp3) is 0.357. The molecule has 1 fully saturated rings. The fourth-order valence-corrected chi connectivity index (χ4v) is 2.19. The zero-order valence-electron chi connectivity index (χ0n) is 11.0. The number of halogens is 1. The average Bonchev–Trinajstić information content (AvgIpc) is 3.19. The second-order valence-corrected chi connectivity index (χ2v) is 5.22. The first-order chi connectivity index (χ1) is 9.66. The van der Waals surface area contributed by atoms with E-state index in [1.165, 1.54) is 4.68 Å². The number of carbonyl (C=O) groups is 1. The molecule has 1 saturated carbocycles. The van der Waals surface area contributed by atoms with E-state index in [1.807, 2.05) is 37.3 Å². The molecule has 2 aromatic rings. The molecule has 0 spiro atoms. The van der Waals surface area contributed by atoms with Gasteiger partial charge in [-0.15, -0.1) is 5.10 Å². The third-order valence-electron chi connectivity index (χ3n) is 3.29. The zero-order chi connectivity index (χ0) is 14.1. The lowest BCUT2D eigenvalue weighted by molar-refractivity contribution is 0.0456. The lowest BCUT2D eigenvalue weighted by Crippen LogP contribution is -2.18. The standard InChI is InChI=1S/C14H14ClN3O2/c1-9(10-5-3-2-4-6-10)18-12(13(15)16-17-18)14(19)20-11-7-8-11/h2-6,9,11H,7-8H2,1H3/t9-/m1/s1. The predicted octanol–water partition coefficient (Wildman–Crippen LogP) is 2.86. The summed E-state index contributed by atoms with van der Waals surface area (Å²) in [7, 11) is 0. The van der Waals surface area contributed by atoms with Crippen LogP contribution in [0, 0.1) is 0 Å². The third kappa shape index (κ3) is 2.54. The summed E-state index contributed by atoms with van der Waals surface area (Å²) >= 11 is 5.98. The van der Waals surface area contributed by atoms with E-state index < -0.39 is 5.97 Å². The Bertz CT molecular complexity index is 623. The summed E-state index contributed by atoms with van der Waals surface area (Å²) in [4.78, 5) is 12.1. The van der Waals surface area contributed by atoms with Gasteiger partial charge in [-0.2, -0.15) is 0 Å². The number of aromatic nitrogens is 3. The lowest BCUT2D eigenvalue weighted by atomic mass is 10.1. The molecule has 1 aliphatic rings. The summed E-state index contributed by atoms with van der Waals surface area (Å²) < 4.78 is 6.81. The molecular formula is C14H14ClN3O2. The highest BCUT2D eigenvalue weighted by molar-refractivity contribution is 6.32. The molecule has 1 atom stereocenters. The van der Waals surface area contributed by atoms with E-state index in [2.05, 4.69) is 10.3 Å². The predicted molar refractivity (Wildman–Crippen MR) is 73.7 cm³/mol. The van der Waals surface area contributed by atoms with Gasteiger partial charge in [0.25, 0.3) is 0 Å². The zero-order valence-corrected chi connectivity index (χ0v) is 11.7. The number of hydrogen-bond donors (Lipinski definition) is 0. The Kier molecular flexibility index (Phi) is 3.44. The largest absolute Gasteiger partial charge is 0.458 e. The summed E-state index contributed by atoms with van der Waals surface area (Å²) in [5.74, 6) is -0.453. The van der Waals surface area contributed by atoms with E-state index in [-0.39, 0.29) is 23.0 Å². The second kappa shape index (κ2) is 5.25. The Labute approximate surface area is 121 Å². The minimum Gasteiger partial charge on any atom is -0.458 e. The summed E-state index contributed by atoms with van der Waals surface area (Å²) in [6.45, 7) is 1.94. The molecule has 6 heteroatoms. The minimum atomic E-state index is -0.453. The Balaban J connectivity index is 1.91. The van der Waals surface area contributed by atoms with Crippen LogP contribution in [0.25, 0.3) is 0 Å². The summed E-state index contributed by atoms with van der Waals surface area (Å²) in [6, 6.07) is 9.61. The van der Waals surface area contributed by atoms with Gasteiger partial charge in [-0.05, 0) is 25.3 Å². The first-order valence-corrected chi connectivity index (χ1v) is 6.91. The quantitative estimate of drug-likeness (QED) is 0.813. The Morgan fingerprint density at radius 3 is 2.75 bits per heavy atom. The van der Waals surface area contributed by atoms with Gasteiger partial charge in [-0.3, -0.25) is 0 Å². The van der Waals surface area contributed by atoms with Gasteiger partial charge >= 0.3 is 5.97 Å². The fourth-order valence-electron chi connectivity index (χ4n) is 1.99. The number of carbonyl (C=O) groups excluding carboxylic acids is 1. The SMILES string of the molecule is C[C@H](c1ccccc1)n1nnc(Cl)c1C(=O)OC1CC1. The van der Waals surface area contributed by atoms with E-state index in [0.29, 0.717) is 0 Å². The molecule has 0 amide bonds. The van der Waals surface area contributed by atoms with Crippen molar-refractivity contribution in [2.24, 2.45) is 0 Å². The van der Waals surface area contributed by atoms with Crippen LogP contribution in [0.15, 0.2) is 30.3 Å². The van der Waals surface area contributed by atoms with Gasteiger partial charge in [-0.1, -0.05) is 47.1 Å². The van der Waals surface area contributed by atoms with Gasteiger partial charge in [0.05, 0.1) is 6.04 Å². The maximum absolute atomic E-state index is 12.1. The molecule has 104 valence electrons.